The predicted molar refractivity (Wildman–Crippen MR) is 68.4 cm³/mol. The van der Waals surface area contributed by atoms with Gasteiger partial charge in [-0.15, -0.1) is 0 Å². The monoisotopic (exact) mass is 267 g/mol. The van der Waals surface area contributed by atoms with Gasteiger partial charge in [0.2, 0.25) is 0 Å². The van der Waals surface area contributed by atoms with Crippen molar-refractivity contribution in [2.75, 3.05) is 29.6 Å². The van der Waals surface area contributed by atoms with Gasteiger partial charge in [0.1, 0.15) is 0 Å². The molecule has 6 heteroatoms. The number of sulfone groups is 1. The molecular weight excluding hydrogens is 246 g/mol. The van der Waals surface area contributed by atoms with Crippen LogP contribution < -0.4 is 5.73 Å². The minimum Gasteiger partial charge on any atom is -0.392 e. The summed E-state index contributed by atoms with van der Waals surface area (Å²) < 4.78 is 22.9. The fourth-order valence-electron chi connectivity index (χ4n) is 2.15. The van der Waals surface area contributed by atoms with E-state index in [0.29, 0.717) is 12.8 Å². The second kappa shape index (κ2) is 5.71. The summed E-state index contributed by atoms with van der Waals surface area (Å²) in [5.74, 6) is 2.09. The zero-order valence-corrected chi connectivity index (χ0v) is 11.3. The standard InChI is InChI=1S/C10H21NO3S2/c1-2-15-5-3-9(12)10(7-11)4-6-16(13,14)8-10/h9,12H,2-8,11H2,1H3. The molecule has 16 heavy (non-hydrogen) atoms. The third-order valence-corrected chi connectivity index (χ3v) is 6.04. The van der Waals surface area contributed by atoms with Gasteiger partial charge in [-0.2, -0.15) is 11.8 Å². The molecule has 96 valence electrons. The largest absolute Gasteiger partial charge is 0.392 e. The summed E-state index contributed by atoms with van der Waals surface area (Å²) in [4.78, 5) is 0. The Bertz CT molecular complexity index is 318. The molecule has 3 N–H and O–H groups in total. The maximum atomic E-state index is 11.5. The zero-order valence-electron chi connectivity index (χ0n) is 9.68. The van der Waals surface area contributed by atoms with Gasteiger partial charge in [0.25, 0.3) is 0 Å². The van der Waals surface area contributed by atoms with Crippen LogP contribution in [0.15, 0.2) is 0 Å². The Morgan fingerprint density at radius 1 is 1.56 bits per heavy atom. The van der Waals surface area contributed by atoms with E-state index in [4.69, 9.17) is 5.73 Å². The Hall–Kier alpha value is 0.220. The molecule has 0 aliphatic carbocycles. The van der Waals surface area contributed by atoms with E-state index in [9.17, 15) is 13.5 Å². The van der Waals surface area contributed by atoms with Crippen molar-refractivity contribution >= 4 is 21.6 Å². The second-order valence-corrected chi connectivity index (χ2v) is 7.99. The Morgan fingerprint density at radius 3 is 2.69 bits per heavy atom. The van der Waals surface area contributed by atoms with Gasteiger partial charge in [-0.3, -0.25) is 0 Å². The zero-order chi connectivity index (χ0) is 12.2. The van der Waals surface area contributed by atoms with Crippen LogP contribution in [-0.2, 0) is 9.84 Å². The molecule has 1 aliphatic heterocycles. The van der Waals surface area contributed by atoms with Gasteiger partial charge in [0.15, 0.2) is 9.84 Å². The quantitative estimate of drug-likeness (QED) is 0.675. The summed E-state index contributed by atoms with van der Waals surface area (Å²) >= 11 is 1.75. The molecule has 2 unspecified atom stereocenters. The van der Waals surface area contributed by atoms with Crippen LogP contribution in [0.2, 0.25) is 0 Å². The van der Waals surface area contributed by atoms with Crippen LogP contribution in [-0.4, -0.2) is 49.2 Å². The first-order valence-electron chi connectivity index (χ1n) is 5.62. The molecule has 0 amide bonds. The Balaban J connectivity index is 2.60. The summed E-state index contributed by atoms with van der Waals surface area (Å²) in [6, 6.07) is 0. The average molecular weight is 267 g/mol. The number of rotatable bonds is 6. The van der Waals surface area contributed by atoms with Crippen LogP contribution in [0.5, 0.6) is 0 Å². The van der Waals surface area contributed by atoms with E-state index < -0.39 is 21.4 Å². The van der Waals surface area contributed by atoms with Gasteiger partial charge >= 0.3 is 0 Å². The number of aliphatic hydroxyl groups excluding tert-OH is 1. The molecule has 0 aromatic heterocycles. The maximum absolute atomic E-state index is 11.5. The molecular formula is C10H21NO3S2. The molecule has 0 aromatic carbocycles. The molecule has 1 rings (SSSR count). The van der Waals surface area contributed by atoms with Crippen molar-refractivity contribution in [1.29, 1.82) is 0 Å². The third-order valence-electron chi connectivity index (χ3n) is 3.27. The fourth-order valence-corrected chi connectivity index (χ4v) is 5.02. The van der Waals surface area contributed by atoms with Crippen molar-refractivity contribution in [3.8, 4) is 0 Å². The summed E-state index contributed by atoms with van der Waals surface area (Å²) in [5, 5.41) is 10.1. The van der Waals surface area contributed by atoms with E-state index in [2.05, 4.69) is 6.92 Å². The number of nitrogens with two attached hydrogens (primary N) is 1. The lowest BCUT2D eigenvalue weighted by molar-refractivity contribution is 0.0462. The van der Waals surface area contributed by atoms with Gasteiger partial charge in [0, 0.05) is 12.0 Å². The van der Waals surface area contributed by atoms with Crippen LogP contribution in [0.4, 0.5) is 0 Å². The van der Waals surface area contributed by atoms with Crippen molar-refractivity contribution in [3.05, 3.63) is 0 Å². The first kappa shape index (κ1) is 14.3. The number of hydrogen-bond donors (Lipinski definition) is 2. The van der Waals surface area contributed by atoms with Crippen molar-refractivity contribution in [2.45, 2.75) is 25.9 Å². The van der Waals surface area contributed by atoms with Crippen LogP contribution in [0.1, 0.15) is 19.8 Å². The highest BCUT2D eigenvalue weighted by atomic mass is 32.2. The normalized spacial score (nSPS) is 30.4. The lowest BCUT2D eigenvalue weighted by atomic mass is 9.80. The van der Waals surface area contributed by atoms with Crippen molar-refractivity contribution in [2.24, 2.45) is 11.1 Å². The van der Waals surface area contributed by atoms with Crippen LogP contribution in [0.3, 0.4) is 0 Å². The van der Waals surface area contributed by atoms with Gasteiger partial charge in [-0.25, -0.2) is 8.42 Å². The molecule has 0 radical (unpaired) electrons. The highest BCUT2D eigenvalue weighted by molar-refractivity contribution is 7.99. The molecule has 0 aromatic rings. The lowest BCUT2D eigenvalue weighted by Gasteiger charge is -2.31. The molecule has 0 spiro atoms. The van der Waals surface area contributed by atoms with E-state index in [0.717, 1.165) is 11.5 Å². The van der Waals surface area contributed by atoms with Crippen LogP contribution >= 0.6 is 11.8 Å². The lowest BCUT2D eigenvalue weighted by Crippen LogP contribution is -2.43. The third kappa shape index (κ3) is 3.35. The maximum Gasteiger partial charge on any atom is 0.151 e. The van der Waals surface area contributed by atoms with E-state index >= 15 is 0 Å². The van der Waals surface area contributed by atoms with E-state index in [1.54, 1.807) is 11.8 Å². The SMILES string of the molecule is CCSCCC(O)C1(CN)CCS(=O)(=O)C1. The van der Waals surface area contributed by atoms with Gasteiger partial charge in [-0.1, -0.05) is 6.92 Å². The smallest absolute Gasteiger partial charge is 0.151 e. The Kier molecular flexibility index (Phi) is 5.10. The molecule has 1 aliphatic rings. The topological polar surface area (TPSA) is 80.4 Å². The van der Waals surface area contributed by atoms with Gasteiger partial charge < -0.3 is 10.8 Å². The van der Waals surface area contributed by atoms with Crippen molar-refractivity contribution < 1.29 is 13.5 Å². The first-order valence-corrected chi connectivity index (χ1v) is 8.60. The number of thioether (sulfide) groups is 1. The first-order chi connectivity index (χ1) is 7.46. The highest BCUT2D eigenvalue weighted by Crippen LogP contribution is 2.36. The summed E-state index contributed by atoms with van der Waals surface area (Å²) in [6.07, 6.45) is 0.545. The van der Waals surface area contributed by atoms with Crippen molar-refractivity contribution in [1.82, 2.24) is 0 Å². The molecule has 2 atom stereocenters. The molecule has 1 saturated heterocycles. The second-order valence-electron chi connectivity index (χ2n) is 4.41. The van der Waals surface area contributed by atoms with Crippen molar-refractivity contribution in [3.63, 3.8) is 0 Å². The molecule has 0 saturated carbocycles. The molecule has 1 fully saturated rings. The van der Waals surface area contributed by atoms with E-state index in [-0.39, 0.29) is 18.1 Å². The predicted octanol–water partition coefficient (Wildman–Crippen LogP) is 0.254. The Morgan fingerprint density at radius 2 is 2.25 bits per heavy atom. The minimum absolute atomic E-state index is 0.0501. The Labute approximate surface area is 102 Å². The fraction of sp³-hybridized carbons (Fsp3) is 1.00. The molecule has 0 bridgehead atoms. The van der Waals surface area contributed by atoms with E-state index in [1.807, 2.05) is 0 Å². The number of aliphatic hydroxyl groups is 1. The summed E-state index contributed by atoms with van der Waals surface area (Å²) in [6.45, 7) is 2.32. The summed E-state index contributed by atoms with van der Waals surface area (Å²) in [5.41, 5.74) is 5.07. The van der Waals surface area contributed by atoms with Gasteiger partial charge in [0.05, 0.1) is 17.6 Å². The van der Waals surface area contributed by atoms with Gasteiger partial charge in [-0.05, 0) is 24.3 Å². The minimum atomic E-state index is -2.99. The highest BCUT2D eigenvalue weighted by Gasteiger charge is 2.45. The summed E-state index contributed by atoms with van der Waals surface area (Å²) in [7, 11) is -2.99. The number of hydrogen-bond acceptors (Lipinski definition) is 5. The van der Waals surface area contributed by atoms with Crippen LogP contribution in [0, 0.1) is 5.41 Å². The molecule has 4 nitrogen and oxygen atoms in total. The van der Waals surface area contributed by atoms with E-state index in [1.165, 1.54) is 0 Å². The molecule has 1 heterocycles. The average Bonchev–Trinajstić information content (AvgIpc) is 2.56. The van der Waals surface area contributed by atoms with Crippen LogP contribution in [0.25, 0.3) is 0 Å².